The van der Waals surface area contributed by atoms with Crippen LogP contribution in [0.4, 0.5) is 4.39 Å². The summed E-state index contributed by atoms with van der Waals surface area (Å²) < 4.78 is 15.0. The molecule has 1 aromatic heterocycles. The number of rotatable bonds is 5. The Hall–Kier alpha value is -2.68. The molecule has 3 rings (SSSR count). The van der Waals surface area contributed by atoms with Crippen molar-refractivity contribution in [2.24, 2.45) is 5.92 Å². The molecule has 2 aromatic rings. The van der Waals surface area contributed by atoms with Crippen LogP contribution in [0, 0.1) is 23.1 Å². The lowest BCUT2D eigenvalue weighted by atomic mass is 9.95. The Labute approximate surface area is 153 Å². The zero-order valence-corrected chi connectivity index (χ0v) is 15.2. The molecule has 0 spiro atoms. The summed E-state index contributed by atoms with van der Waals surface area (Å²) >= 11 is 0. The van der Waals surface area contributed by atoms with Gasteiger partial charge in [0, 0.05) is 24.3 Å². The van der Waals surface area contributed by atoms with Crippen LogP contribution in [0.2, 0.25) is 0 Å². The number of carbonyl (C=O) groups is 1. The van der Waals surface area contributed by atoms with Crippen LogP contribution in [0.5, 0.6) is 0 Å². The molecule has 1 unspecified atom stereocenters. The second kappa shape index (κ2) is 7.69. The minimum atomic E-state index is -0.297. The smallest absolute Gasteiger partial charge is 0.274 e. The molecule has 0 aliphatic heterocycles. The number of hydrogen-bond donors (Lipinski definition) is 0. The zero-order valence-electron chi connectivity index (χ0n) is 15.2. The quantitative estimate of drug-likeness (QED) is 0.825. The van der Waals surface area contributed by atoms with Crippen molar-refractivity contribution in [3.8, 4) is 11.8 Å². The highest BCUT2D eigenvalue weighted by atomic mass is 19.1. The third-order valence-electron chi connectivity index (χ3n) is 4.84. The molecule has 1 atom stereocenters. The molecular weight excluding hydrogens is 331 g/mol. The van der Waals surface area contributed by atoms with Crippen LogP contribution in [0.3, 0.4) is 0 Å². The molecule has 0 radical (unpaired) electrons. The fourth-order valence-corrected chi connectivity index (χ4v) is 3.44. The molecule has 0 N–H and O–H groups in total. The summed E-state index contributed by atoms with van der Waals surface area (Å²) in [6, 6.07) is 8.35. The maximum absolute atomic E-state index is 13.3. The molecule has 1 aliphatic carbocycles. The van der Waals surface area contributed by atoms with Gasteiger partial charge in [-0.2, -0.15) is 10.4 Å². The van der Waals surface area contributed by atoms with Crippen molar-refractivity contribution in [3.63, 3.8) is 0 Å². The van der Waals surface area contributed by atoms with Gasteiger partial charge in [-0.15, -0.1) is 0 Å². The van der Waals surface area contributed by atoms with Crippen molar-refractivity contribution in [1.29, 1.82) is 5.26 Å². The minimum Gasteiger partial charge on any atom is -0.336 e. The van der Waals surface area contributed by atoms with E-state index in [0.717, 1.165) is 42.6 Å². The number of hydrogen-bond acceptors (Lipinski definition) is 3. The first-order valence-electron chi connectivity index (χ1n) is 9.10. The lowest BCUT2D eigenvalue weighted by Gasteiger charge is -2.22. The van der Waals surface area contributed by atoms with Crippen molar-refractivity contribution in [2.75, 3.05) is 13.1 Å². The van der Waals surface area contributed by atoms with Crippen molar-refractivity contribution in [3.05, 3.63) is 47.0 Å². The predicted molar refractivity (Wildman–Crippen MR) is 96.5 cm³/mol. The average Bonchev–Trinajstić information content (AvgIpc) is 3.05. The van der Waals surface area contributed by atoms with Gasteiger partial charge in [-0.05, 0) is 63.8 Å². The van der Waals surface area contributed by atoms with Crippen molar-refractivity contribution >= 4 is 5.91 Å². The van der Waals surface area contributed by atoms with Crippen LogP contribution in [0.1, 0.15) is 48.4 Å². The molecule has 1 heterocycles. The summed E-state index contributed by atoms with van der Waals surface area (Å²) in [6.07, 6.45) is 3.76. The second-order valence-electron chi connectivity index (χ2n) is 6.74. The number of nitriles is 1. The molecule has 136 valence electrons. The predicted octanol–water partition coefficient (Wildman–Crippen LogP) is 3.51. The van der Waals surface area contributed by atoms with E-state index >= 15 is 0 Å². The SMILES string of the molecule is CCN(CC(C)C#N)C(=O)c1nn(-c2ccc(F)cc2)c2c1CCCC2. The van der Waals surface area contributed by atoms with Crippen LogP contribution in [0.25, 0.3) is 5.69 Å². The third-order valence-corrected chi connectivity index (χ3v) is 4.84. The lowest BCUT2D eigenvalue weighted by molar-refractivity contribution is 0.0745. The van der Waals surface area contributed by atoms with Crippen LogP contribution in [0.15, 0.2) is 24.3 Å². The van der Waals surface area contributed by atoms with Gasteiger partial charge in [-0.25, -0.2) is 9.07 Å². The summed E-state index contributed by atoms with van der Waals surface area (Å²) in [5.41, 5.74) is 3.26. The van der Waals surface area contributed by atoms with E-state index in [-0.39, 0.29) is 17.6 Å². The Morgan fingerprint density at radius 2 is 2.04 bits per heavy atom. The highest BCUT2D eigenvalue weighted by Gasteiger charge is 2.28. The Bertz CT molecular complexity index is 835. The lowest BCUT2D eigenvalue weighted by Crippen LogP contribution is -2.35. The van der Waals surface area contributed by atoms with Crippen molar-refractivity contribution < 1.29 is 9.18 Å². The summed E-state index contributed by atoms with van der Waals surface area (Å²) in [4.78, 5) is 14.8. The first-order valence-corrected chi connectivity index (χ1v) is 9.10. The van der Waals surface area contributed by atoms with Crippen molar-refractivity contribution in [2.45, 2.75) is 39.5 Å². The van der Waals surface area contributed by atoms with E-state index in [4.69, 9.17) is 5.26 Å². The second-order valence-corrected chi connectivity index (χ2v) is 6.74. The Kier molecular flexibility index (Phi) is 5.36. The van der Waals surface area contributed by atoms with Crippen LogP contribution >= 0.6 is 0 Å². The van der Waals surface area contributed by atoms with E-state index in [2.05, 4.69) is 11.2 Å². The highest BCUT2D eigenvalue weighted by molar-refractivity contribution is 5.94. The molecule has 0 saturated heterocycles. The normalized spacial score (nSPS) is 14.4. The number of carbonyl (C=O) groups excluding carboxylic acids is 1. The molecular formula is C20H23FN4O. The van der Waals surface area contributed by atoms with Crippen LogP contribution in [-0.2, 0) is 12.8 Å². The number of aromatic nitrogens is 2. The molecule has 1 amide bonds. The monoisotopic (exact) mass is 354 g/mol. The van der Waals surface area contributed by atoms with Gasteiger partial charge in [0.2, 0.25) is 0 Å². The largest absolute Gasteiger partial charge is 0.336 e. The van der Waals surface area contributed by atoms with E-state index in [0.29, 0.717) is 18.8 Å². The zero-order chi connectivity index (χ0) is 18.7. The van der Waals surface area contributed by atoms with Gasteiger partial charge in [-0.3, -0.25) is 4.79 Å². The van der Waals surface area contributed by atoms with E-state index in [1.54, 1.807) is 21.7 Å². The van der Waals surface area contributed by atoms with Crippen molar-refractivity contribution in [1.82, 2.24) is 14.7 Å². The van der Waals surface area contributed by atoms with Crippen LogP contribution in [-0.4, -0.2) is 33.7 Å². The molecule has 0 bridgehead atoms. The Morgan fingerprint density at radius 1 is 1.35 bits per heavy atom. The summed E-state index contributed by atoms with van der Waals surface area (Å²) in [7, 11) is 0. The van der Waals surface area contributed by atoms with E-state index < -0.39 is 0 Å². The molecule has 0 saturated carbocycles. The maximum atomic E-state index is 13.3. The van der Waals surface area contributed by atoms with Gasteiger partial charge >= 0.3 is 0 Å². The Balaban J connectivity index is 2.01. The fraction of sp³-hybridized carbons (Fsp3) is 0.450. The Morgan fingerprint density at radius 3 is 2.69 bits per heavy atom. The molecule has 1 aromatic carbocycles. The van der Waals surface area contributed by atoms with Gasteiger partial charge in [0.05, 0.1) is 17.7 Å². The molecule has 0 fully saturated rings. The molecule has 1 aliphatic rings. The number of halogens is 1. The van der Waals surface area contributed by atoms with E-state index in [1.165, 1.54) is 12.1 Å². The first-order chi connectivity index (χ1) is 12.5. The molecule has 6 heteroatoms. The summed E-state index contributed by atoms with van der Waals surface area (Å²) in [5.74, 6) is -0.656. The third kappa shape index (κ3) is 3.48. The minimum absolute atomic E-state index is 0.131. The summed E-state index contributed by atoms with van der Waals surface area (Å²) in [5, 5.41) is 13.7. The highest BCUT2D eigenvalue weighted by Crippen LogP contribution is 2.28. The number of nitrogens with zero attached hydrogens (tertiary/aromatic N) is 4. The number of benzene rings is 1. The molecule has 5 nitrogen and oxygen atoms in total. The van der Waals surface area contributed by atoms with Crippen LogP contribution < -0.4 is 0 Å². The number of amides is 1. The van der Waals surface area contributed by atoms with E-state index in [1.807, 2.05) is 13.8 Å². The topological polar surface area (TPSA) is 61.9 Å². The number of fused-ring (bicyclic) bond motifs is 1. The van der Waals surface area contributed by atoms with Gasteiger partial charge < -0.3 is 4.90 Å². The first kappa shape index (κ1) is 18.1. The van der Waals surface area contributed by atoms with E-state index in [9.17, 15) is 9.18 Å². The fourth-order valence-electron chi connectivity index (χ4n) is 3.44. The summed E-state index contributed by atoms with van der Waals surface area (Å²) in [6.45, 7) is 4.64. The van der Waals surface area contributed by atoms with Gasteiger partial charge in [0.1, 0.15) is 5.82 Å². The molecule has 26 heavy (non-hydrogen) atoms. The average molecular weight is 354 g/mol. The van der Waals surface area contributed by atoms with Gasteiger partial charge in [0.25, 0.3) is 5.91 Å². The standard InChI is InChI=1S/C20H23FN4O/c1-3-24(13-14(2)12-22)20(26)19-17-6-4-5-7-18(17)25(23-19)16-10-8-15(21)9-11-16/h8-11,14H,3-7,13H2,1-2H3. The maximum Gasteiger partial charge on any atom is 0.274 e. The van der Waals surface area contributed by atoms with Gasteiger partial charge in [-0.1, -0.05) is 0 Å². The van der Waals surface area contributed by atoms with Gasteiger partial charge in [0.15, 0.2) is 5.69 Å².